The molecule has 0 saturated heterocycles. The highest BCUT2D eigenvalue weighted by Crippen LogP contribution is 2.02. The molecule has 0 bridgehead atoms. The highest BCUT2D eigenvalue weighted by atomic mass is 16.6. The molecule has 0 spiro atoms. The van der Waals surface area contributed by atoms with Crippen molar-refractivity contribution in [3.63, 3.8) is 0 Å². The Morgan fingerprint density at radius 3 is 1.83 bits per heavy atom. The fraction of sp³-hybridized carbons (Fsp3) is 0.889. The molecular weight excluding hydrogens is 294 g/mol. The predicted octanol–water partition coefficient (Wildman–Crippen LogP) is 3.25. The van der Waals surface area contributed by atoms with E-state index in [1.165, 1.54) is 6.42 Å². The average Bonchev–Trinajstić information content (AvgIpc) is 2.53. The van der Waals surface area contributed by atoms with Gasteiger partial charge in [-0.3, -0.25) is 0 Å². The van der Waals surface area contributed by atoms with Crippen molar-refractivity contribution in [1.29, 1.82) is 0 Å². The Morgan fingerprint density at radius 1 is 0.870 bits per heavy atom. The number of nitrogens with one attached hydrogen (secondary N) is 1. The Hall–Kier alpha value is -0.620. The van der Waals surface area contributed by atoms with Gasteiger partial charge in [0, 0.05) is 20.3 Å². The summed E-state index contributed by atoms with van der Waals surface area (Å²) in [6, 6.07) is 0. The first-order chi connectivity index (χ1) is 11.2. The predicted molar refractivity (Wildman–Crippen MR) is 96.9 cm³/mol. The van der Waals surface area contributed by atoms with E-state index in [1.54, 1.807) is 0 Å². The molecule has 0 aliphatic rings. The highest BCUT2D eigenvalue weighted by Gasteiger charge is 1.95. The fourth-order valence-corrected chi connectivity index (χ4v) is 1.78. The van der Waals surface area contributed by atoms with Crippen LogP contribution in [0.25, 0.3) is 0 Å². The van der Waals surface area contributed by atoms with Gasteiger partial charge in [-0.1, -0.05) is 27.4 Å². The summed E-state index contributed by atoms with van der Waals surface area (Å²) in [7, 11) is 0. The van der Waals surface area contributed by atoms with Crippen LogP contribution in [0.4, 0.5) is 0 Å². The van der Waals surface area contributed by atoms with E-state index in [0.29, 0.717) is 46.2 Å². The normalized spacial score (nSPS) is 11.1. The van der Waals surface area contributed by atoms with E-state index < -0.39 is 0 Å². The Balaban J connectivity index is 0. The molecule has 5 heteroatoms. The third-order valence-corrected chi connectivity index (χ3v) is 3.23. The van der Waals surface area contributed by atoms with Crippen molar-refractivity contribution in [2.45, 2.75) is 40.0 Å². The van der Waals surface area contributed by atoms with Gasteiger partial charge in [-0.15, -0.1) is 0 Å². The van der Waals surface area contributed by atoms with Crippen LogP contribution in [0.15, 0.2) is 12.3 Å². The molecule has 0 unspecified atom stereocenters. The van der Waals surface area contributed by atoms with Crippen LogP contribution in [0.3, 0.4) is 0 Å². The van der Waals surface area contributed by atoms with Crippen LogP contribution < -0.4 is 5.32 Å². The molecule has 0 aromatic heterocycles. The number of hydrogen-bond acceptors (Lipinski definition) is 5. The Kier molecular flexibility index (Phi) is 17.3. The van der Waals surface area contributed by atoms with Gasteiger partial charge in [0.25, 0.3) is 0 Å². The van der Waals surface area contributed by atoms with Gasteiger partial charge in [0.1, 0.15) is 0 Å². The van der Waals surface area contributed by atoms with E-state index >= 15 is 0 Å². The summed E-state index contributed by atoms with van der Waals surface area (Å²) < 4.78 is 21.8. The first-order valence-electron chi connectivity index (χ1n) is 8.89. The molecule has 5 nitrogen and oxygen atoms in total. The maximum absolute atomic E-state index is 5.49. The standard InChI is InChI=1S/C18H37NO4.H2/c1-5-18(4)19-8-10-21-12-14-23-16-15-22-13-11-20-9-6-7-17(2)3;/h17,19H,4-16H2,1-3H3;1H. The summed E-state index contributed by atoms with van der Waals surface area (Å²) in [5.41, 5.74) is 1.05. The molecule has 0 heterocycles. The zero-order valence-corrected chi connectivity index (χ0v) is 15.4. The van der Waals surface area contributed by atoms with Crippen LogP contribution in [0, 0.1) is 5.92 Å². The van der Waals surface area contributed by atoms with E-state index in [-0.39, 0.29) is 1.43 Å². The van der Waals surface area contributed by atoms with Gasteiger partial charge in [-0.25, -0.2) is 0 Å². The van der Waals surface area contributed by atoms with Crippen molar-refractivity contribution in [3.8, 4) is 0 Å². The monoisotopic (exact) mass is 333 g/mol. The summed E-state index contributed by atoms with van der Waals surface area (Å²) in [5, 5.41) is 3.19. The lowest BCUT2D eigenvalue weighted by atomic mass is 10.1. The van der Waals surface area contributed by atoms with Crippen LogP contribution in [0.2, 0.25) is 0 Å². The molecule has 0 fully saturated rings. The number of ether oxygens (including phenoxy) is 4. The van der Waals surface area contributed by atoms with Crippen LogP contribution in [-0.2, 0) is 18.9 Å². The molecule has 0 aliphatic carbocycles. The third-order valence-electron chi connectivity index (χ3n) is 3.23. The SMILES string of the molecule is C=C(CC)NCCOCCOCCOCCOCCCC(C)C.[HH]. The third kappa shape index (κ3) is 19.3. The lowest BCUT2D eigenvalue weighted by Crippen LogP contribution is -2.19. The summed E-state index contributed by atoms with van der Waals surface area (Å²) in [4.78, 5) is 0. The smallest absolute Gasteiger partial charge is 0.0701 e. The lowest BCUT2D eigenvalue weighted by Gasteiger charge is -2.09. The molecule has 0 radical (unpaired) electrons. The molecule has 0 amide bonds. The number of allylic oxidation sites excluding steroid dienone is 1. The maximum atomic E-state index is 5.49. The quantitative estimate of drug-likeness (QED) is 0.390. The van der Waals surface area contributed by atoms with Gasteiger partial charge in [0.05, 0.1) is 46.2 Å². The van der Waals surface area contributed by atoms with Crippen LogP contribution in [0.1, 0.15) is 41.5 Å². The first kappa shape index (κ1) is 22.4. The van der Waals surface area contributed by atoms with Crippen molar-refractivity contribution >= 4 is 0 Å². The molecule has 0 atom stereocenters. The Morgan fingerprint density at radius 2 is 1.35 bits per heavy atom. The molecule has 0 rings (SSSR count). The second kappa shape index (κ2) is 17.7. The molecule has 0 aromatic carbocycles. The van der Waals surface area contributed by atoms with Crippen LogP contribution in [0.5, 0.6) is 0 Å². The van der Waals surface area contributed by atoms with Gasteiger partial charge in [0.2, 0.25) is 0 Å². The zero-order chi connectivity index (χ0) is 17.2. The van der Waals surface area contributed by atoms with E-state index in [1.807, 2.05) is 0 Å². The molecular formula is C18H39NO4. The van der Waals surface area contributed by atoms with Crippen LogP contribution in [-0.4, -0.2) is 59.4 Å². The number of rotatable bonds is 18. The summed E-state index contributed by atoms with van der Waals surface area (Å²) in [6.45, 7) is 16.4. The van der Waals surface area contributed by atoms with Gasteiger partial charge in [0.15, 0.2) is 0 Å². The molecule has 0 saturated carbocycles. The van der Waals surface area contributed by atoms with Crippen molar-refractivity contribution in [3.05, 3.63) is 12.3 Å². The summed E-state index contributed by atoms with van der Waals surface area (Å²) >= 11 is 0. The average molecular weight is 334 g/mol. The summed E-state index contributed by atoms with van der Waals surface area (Å²) in [5.74, 6) is 0.753. The molecule has 23 heavy (non-hydrogen) atoms. The molecule has 0 aromatic rings. The van der Waals surface area contributed by atoms with E-state index in [4.69, 9.17) is 18.9 Å². The Bertz CT molecular complexity index is 265. The van der Waals surface area contributed by atoms with Crippen molar-refractivity contribution in [2.24, 2.45) is 5.92 Å². The minimum Gasteiger partial charge on any atom is -0.387 e. The molecule has 140 valence electrons. The van der Waals surface area contributed by atoms with Gasteiger partial charge >= 0.3 is 0 Å². The highest BCUT2D eigenvalue weighted by molar-refractivity contribution is 4.88. The maximum Gasteiger partial charge on any atom is 0.0701 e. The number of hydrogen-bond donors (Lipinski definition) is 1. The van der Waals surface area contributed by atoms with Crippen molar-refractivity contribution in [2.75, 3.05) is 59.4 Å². The fourth-order valence-electron chi connectivity index (χ4n) is 1.78. The lowest BCUT2D eigenvalue weighted by molar-refractivity contribution is -0.00183. The van der Waals surface area contributed by atoms with Gasteiger partial charge in [-0.05, 0) is 25.2 Å². The zero-order valence-electron chi connectivity index (χ0n) is 15.4. The first-order valence-corrected chi connectivity index (χ1v) is 8.89. The largest absolute Gasteiger partial charge is 0.387 e. The Labute approximate surface area is 144 Å². The van der Waals surface area contributed by atoms with Gasteiger partial charge < -0.3 is 24.3 Å². The van der Waals surface area contributed by atoms with Crippen LogP contribution >= 0.6 is 0 Å². The topological polar surface area (TPSA) is 49.0 Å². The molecule has 0 aliphatic heterocycles. The second-order valence-corrected chi connectivity index (χ2v) is 5.87. The minimum absolute atomic E-state index is 0. The second-order valence-electron chi connectivity index (χ2n) is 5.87. The van der Waals surface area contributed by atoms with E-state index in [2.05, 4.69) is 32.7 Å². The van der Waals surface area contributed by atoms with E-state index in [0.717, 1.165) is 37.6 Å². The molecule has 1 N–H and O–H groups in total. The van der Waals surface area contributed by atoms with Crippen molar-refractivity contribution in [1.82, 2.24) is 5.32 Å². The van der Waals surface area contributed by atoms with Crippen molar-refractivity contribution < 1.29 is 20.4 Å². The minimum atomic E-state index is 0. The summed E-state index contributed by atoms with van der Waals surface area (Å²) in [6.07, 6.45) is 3.30. The van der Waals surface area contributed by atoms with Gasteiger partial charge in [-0.2, -0.15) is 0 Å². The van der Waals surface area contributed by atoms with E-state index in [9.17, 15) is 0 Å².